The van der Waals surface area contributed by atoms with E-state index in [1.165, 1.54) is 0 Å². The molecule has 1 rings (SSSR count). The van der Waals surface area contributed by atoms with Gasteiger partial charge in [-0.2, -0.15) is 0 Å². The van der Waals surface area contributed by atoms with E-state index in [2.05, 4.69) is 37.1 Å². The van der Waals surface area contributed by atoms with Gasteiger partial charge in [0, 0.05) is 12.8 Å². The second kappa shape index (κ2) is 9.74. The molecule has 2 atom stereocenters. The van der Waals surface area contributed by atoms with Crippen LogP contribution in [0.3, 0.4) is 0 Å². The first-order chi connectivity index (χ1) is 10.1. The first-order valence-electron chi connectivity index (χ1n) is 8.06. The van der Waals surface area contributed by atoms with E-state index in [9.17, 15) is 0 Å². The van der Waals surface area contributed by atoms with E-state index in [0.29, 0.717) is 19.1 Å². The summed E-state index contributed by atoms with van der Waals surface area (Å²) in [4.78, 5) is 4.31. The molecular weight excluding hydrogens is 264 g/mol. The van der Waals surface area contributed by atoms with Gasteiger partial charge in [-0.15, -0.1) is 0 Å². The molecule has 21 heavy (non-hydrogen) atoms. The maximum absolute atomic E-state index is 5.99. The molecule has 0 amide bonds. The van der Waals surface area contributed by atoms with E-state index in [-0.39, 0.29) is 12.1 Å². The van der Waals surface area contributed by atoms with Gasteiger partial charge in [0.05, 0.1) is 24.9 Å². The van der Waals surface area contributed by atoms with Crippen molar-refractivity contribution in [2.24, 2.45) is 5.92 Å². The number of pyridine rings is 1. The zero-order valence-corrected chi connectivity index (χ0v) is 14.1. The summed E-state index contributed by atoms with van der Waals surface area (Å²) in [6, 6.07) is 2.20. The van der Waals surface area contributed by atoms with Crippen molar-refractivity contribution >= 4 is 0 Å². The lowest BCUT2D eigenvalue weighted by molar-refractivity contribution is 0.00271. The summed E-state index contributed by atoms with van der Waals surface area (Å²) in [5, 5.41) is 3.60. The van der Waals surface area contributed by atoms with Gasteiger partial charge in [-0.1, -0.05) is 20.8 Å². The lowest BCUT2D eigenvalue weighted by Gasteiger charge is -2.31. The van der Waals surface area contributed by atoms with Crippen molar-refractivity contribution in [2.75, 3.05) is 19.8 Å². The summed E-state index contributed by atoms with van der Waals surface area (Å²) in [5.74, 6) is 1.24. The van der Waals surface area contributed by atoms with Crippen LogP contribution in [0.4, 0.5) is 0 Å². The Kier molecular flexibility index (Phi) is 8.31. The molecule has 0 aliphatic rings. The van der Waals surface area contributed by atoms with Crippen LogP contribution in [0.5, 0.6) is 5.75 Å². The number of hydrogen-bond acceptors (Lipinski definition) is 4. The number of rotatable bonds is 10. The van der Waals surface area contributed by atoms with E-state index in [0.717, 1.165) is 24.3 Å². The summed E-state index contributed by atoms with van der Waals surface area (Å²) in [6.45, 7) is 12.9. The smallest absolute Gasteiger partial charge is 0.137 e. The molecule has 1 aromatic heterocycles. The Labute approximate surface area is 129 Å². The van der Waals surface area contributed by atoms with Crippen molar-refractivity contribution in [2.45, 2.75) is 53.2 Å². The van der Waals surface area contributed by atoms with Crippen molar-refractivity contribution in [3.05, 3.63) is 24.0 Å². The minimum Gasteiger partial charge on any atom is -0.492 e. The van der Waals surface area contributed by atoms with Crippen LogP contribution in [0, 0.1) is 5.92 Å². The summed E-state index contributed by atoms with van der Waals surface area (Å²) in [5.41, 5.74) is 1.13. The minimum absolute atomic E-state index is 0.125. The Morgan fingerprint density at radius 3 is 2.48 bits per heavy atom. The topological polar surface area (TPSA) is 43.4 Å². The van der Waals surface area contributed by atoms with Gasteiger partial charge in [0.25, 0.3) is 0 Å². The molecular formula is C17H30N2O2. The van der Waals surface area contributed by atoms with Crippen LogP contribution < -0.4 is 10.1 Å². The molecule has 120 valence electrons. The van der Waals surface area contributed by atoms with Gasteiger partial charge in [-0.3, -0.25) is 4.98 Å². The van der Waals surface area contributed by atoms with E-state index >= 15 is 0 Å². The highest BCUT2D eigenvalue weighted by molar-refractivity contribution is 5.27. The Hall–Kier alpha value is -1.13. The first-order valence-corrected chi connectivity index (χ1v) is 8.06. The molecule has 1 heterocycles. The average molecular weight is 294 g/mol. The van der Waals surface area contributed by atoms with Crippen molar-refractivity contribution in [1.29, 1.82) is 0 Å². The Morgan fingerprint density at radius 1 is 1.14 bits per heavy atom. The zero-order valence-electron chi connectivity index (χ0n) is 14.1. The fourth-order valence-corrected chi connectivity index (χ4v) is 2.44. The van der Waals surface area contributed by atoms with Gasteiger partial charge in [-0.05, 0) is 44.4 Å². The molecule has 0 aliphatic carbocycles. The molecule has 4 nitrogen and oxygen atoms in total. The maximum atomic E-state index is 5.99. The van der Waals surface area contributed by atoms with Crippen LogP contribution in [-0.4, -0.2) is 30.8 Å². The second-order valence-electron chi connectivity index (χ2n) is 5.48. The predicted molar refractivity (Wildman–Crippen MR) is 86.7 cm³/mol. The van der Waals surface area contributed by atoms with Crippen molar-refractivity contribution in [3.63, 3.8) is 0 Å². The minimum atomic E-state index is 0.125. The molecule has 0 bridgehead atoms. The normalized spacial score (nSPS) is 14.2. The van der Waals surface area contributed by atoms with Crippen molar-refractivity contribution in [1.82, 2.24) is 10.3 Å². The fourth-order valence-electron chi connectivity index (χ4n) is 2.44. The van der Waals surface area contributed by atoms with Gasteiger partial charge in [-0.25, -0.2) is 0 Å². The monoisotopic (exact) mass is 294 g/mol. The molecule has 4 heteroatoms. The summed E-state index contributed by atoms with van der Waals surface area (Å²) >= 11 is 0. The standard InChI is InChI=1S/C17H30N2O2/c1-6-9-19-16(17(13(4)5)21-8-3)14-10-15(20-7-2)12-18-11-14/h10-13,16-17,19H,6-9H2,1-5H3. The molecule has 1 N–H and O–H groups in total. The Balaban J connectivity index is 3.01. The van der Waals surface area contributed by atoms with Crippen LogP contribution in [-0.2, 0) is 4.74 Å². The Bertz CT molecular complexity index is 396. The molecule has 1 aromatic rings. The fraction of sp³-hybridized carbons (Fsp3) is 0.706. The van der Waals surface area contributed by atoms with Gasteiger partial charge in [0.15, 0.2) is 0 Å². The van der Waals surface area contributed by atoms with Gasteiger partial charge in [0.2, 0.25) is 0 Å². The van der Waals surface area contributed by atoms with E-state index in [4.69, 9.17) is 9.47 Å². The third kappa shape index (κ3) is 5.64. The van der Waals surface area contributed by atoms with E-state index in [1.54, 1.807) is 6.20 Å². The van der Waals surface area contributed by atoms with Crippen LogP contribution in [0.1, 0.15) is 52.6 Å². The van der Waals surface area contributed by atoms with Gasteiger partial charge < -0.3 is 14.8 Å². The molecule has 2 unspecified atom stereocenters. The highest BCUT2D eigenvalue weighted by Crippen LogP contribution is 2.26. The summed E-state index contributed by atoms with van der Waals surface area (Å²) in [7, 11) is 0. The zero-order chi connectivity index (χ0) is 15.7. The van der Waals surface area contributed by atoms with Crippen LogP contribution in [0.15, 0.2) is 18.5 Å². The second-order valence-corrected chi connectivity index (χ2v) is 5.48. The number of nitrogens with zero attached hydrogens (tertiary/aromatic N) is 1. The molecule has 0 spiro atoms. The third-order valence-electron chi connectivity index (χ3n) is 3.36. The highest BCUT2D eigenvalue weighted by Gasteiger charge is 2.26. The first kappa shape index (κ1) is 17.9. The quantitative estimate of drug-likeness (QED) is 0.716. The van der Waals surface area contributed by atoms with Crippen molar-refractivity contribution in [3.8, 4) is 5.75 Å². The molecule has 0 fully saturated rings. The SMILES string of the molecule is CCCNC(c1cncc(OCC)c1)C(OCC)C(C)C. The number of nitrogens with one attached hydrogen (secondary N) is 1. The van der Waals surface area contributed by atoms with E-state index < -0.39 is 0 Å². The molecule has 0 saturated heterocycles. The number of aromatic nitrogens is 1. The highest BCUT2D eigenvalue weighted by atomic mass is 16.5. The van der Waals surface area contributed by atoms with Gasteiger partial charge in [0.1, 0.15) is 5.75 Å². The molecule has 0 radical (unpaired) electrons. The van der Waals surface area contributed by atoms with Crippen LogP contribution >= 0.6 is 0 Å². The lowest BCUT2D eigenvalue weighted by Crippen LogP contribution is -2.37. The third-order valence-corrected chi connectivity index (χ3v) is 3.36. The van der Waals surface area contributed by atoms with E-state index in [1.807, 2.05) is 20.0 Å². The Morgan fingerprint density at radius 2 is 1.90 bits per heavy atom. The summed E-state index contributed by atoms with van der Waals surface area (Å²) < 4.78 is 11.6. The largest absolute Gasteiger partial charge is 0.492 e. The number of hydrogen-bond donors (Lipinski definition) is 1. The van der Waals surface area contributed by atoms with Crippen LogP contribution in [0.25, 0.3) is 0 Å². The molecule has 0 saturated carbocycles. The number of ether oxygens (including phenoxy) is 2. The molecule has 0 aromatic carbocycles. The average Bonchev–Trinajstić information content (AvgIpc) is 2.47. The maximum Gasteiger partial charge on any atom is 0.137 e. The van der Waals surface area contributed by atoms with Crippen LogP contribution in [0.2, 0.25) is 0 Å². The lowest BCUT2D eigenvalue weighted by atomic mass is 9.94. The van der Waals surface area contributed by atoms with Crippen molar-refractivity contribution < 1.29 is 9.47 Å². The predicted octanol–water partition coefficient (Wildman–Crippen LogP) is 3.58. The molecule has 0 aliphatic heterocycles. The summed E-state index contributed by atoms with van der Waals surface area (Å²) in [6.07, 6.45) is 4.88. The van der Waals surface area contributed by atoms with Gasteiger partial charge >= 0.3 is 0 Å².